The third-order valence-electron chi connectivity index (χ3n) is 2.79. The van der Waals surface area contributed by atoms with Gasteiger partial charge in [0.2, 0.25) is 0 Å². The predicted molar refractivity (Wildman–Crippen MR) is 81.9 cm³/mol. The van der Waals surface area contributed by atoms with Crippen molar-refractivity contribution in [2.75, 3.05) is 5.32 Å². The Bertz CT molecular complexity index is 712. The van der Waals surface area contributed by atoms with Crippen LogP contribution in [0, 0.1) is 12.7 Å². The summed E-state index contributed by atoms with van der Waals surface area (Å²) in [5.41, 5.74) is 3.90. The summed E-state index contributed by atoms with van der Waals surface area (Å²) in [5.74, 6) is -2.59. The number of benzene rings is 2. The second kappa shape index (κ2) is 7.12. The van der Waals surface area contributed by atoms with E-state index in [2.05, 4.69) is 15.8 Å². The van der Waals surface area contributed by atoms with Crippen molar-refractivity contribution < 1.29 is 14.0 Å². The molecule has 22 heavy (non-hydrogen) atoms. The van der Waals surface area contributed by atoms with Crippen molar-refractivity contribution in [3.63, 3.8) is 0 Å². The van der Waals surface area contributed by atoms with Gasteiger partial charge in [-0.05, 0) is 24.6 Å². The SMILES string of the molecule is Cc1ccc(C=NNC(=O)C(=O)Nc2ccccc2F)cc1. The molecule has 2 N–H and O–H groups in total. The first-order valence-corrected chi connectivity index (χ1v) is 6.52. The fourth-order valence-electron chi connectivity index (χ4n) is 1.61. The van der Waals surface area contributed by atoms with Gasteiger partial charge in [0.05, 0.1) is 11.9 Å². The van der Waals surface area contributed by atoms with Crippen molar-refractivity contribution in [1.82, 2.24) is 5.43 Å². The summed E-state index contributed by atoms with van der Waals surface area (Å²) in [6.07, 6.45) is 1.41. The van der Waals surface area contributed by atoms with Crippen molar-refractivity contribution in [3.8, 4) is 0 Å². The quantitative estimate of drug-likeness (QED) is 0.518. The van der Waals surface area contributed by atoms with Crippen molar-refractivity contribution in [1.29, 1.82) is 0 Å². The lowest BCUT2D eigenvalue weighted by Crippen LogP contribution is -2.32. The molecular weight excluding hydrogens is 285 g/mol. The number of hydrogen-bond donors (Lipinski definition) is 2. The largest absolute Gasteiger partial charge is 0.329 e. The highest BCUT2D eigenvalue weighted by Gasteiger charge is 2.14. The summed E-state index contributed by atoms with van der Waals surface area (Å²) in [7, 11) is 0. The second-order valence-electron chi connectivity index (χ2n) is 4.54. The van der Waals surface area contributed by atoms with Crippen LogP contribution in [0.1, 0.15) is 11.1 Å². The summed E-state index contributed by atoms with van der Waals surface area (Å²) in [6, 6.07) is 13.0. The molecule has 0 aromatic heterocycles. The molecule has 0 aliphatic heterocycles. The summed E-state index contributed by atoms with van der Waals surface area (Å²) < 4.78 is 13.3. The van der Waals surface area contributed by atoms with Gasteiger partial charge in [-0.3, -0.25) is 9.59 Å². The van der Waals surface area contributed by atoms with Gasteiger partial charge in [0.1, 0.15) is 5.82 Å². The Labute approximate surface area is 126 Å². The number of carbonyl (C=O) groups is 2. The molecule has 0 atom stereocenters. The van der Waals surface area contributed by atoms with E-state index in [-0.39, 0.29) is 5.69 Å². The normalized spacial score (nSPS) is 10.5. The third kappa shape index (κ3) is 4.24. The van der Waals surface area contributed by atoms with Crippen molar-refractivity contribution in [2.45, 2.75) is 6.92 Å². The molecule has 0 aliphatic carbocycles. The van der Waals surface area contributed by atoms with Gasteiger partial charge in [-0.1, -0.05) is 42.0 Å². The summed E-state index contributed by atoms with van der Waals surface area (Å²) in [6.45, 7) is 1.95. The van der Waals surface area contributed by atoms with E-state index >= 15 is 0 Å². The van der Waals surface area contributed by atoms with Crippen LogP contribution in [-0.4, -0.2) is 18.0 Å². The van der Waals surface area contributed by atoms with Gasteiger partial charge in [0.25, 0.3) is 0 Å². The van der Waals surface area contributed by atoms with E-state index in [0.717, 1.165) is 11.1 Å². The molecule has 0 radical (unpaired) electrons. The Morgan fingerprint density at radius 1 is 1.05 bits per heavy atom. The minimum absolute atomic E-state index is 0.0647. The van der Waals surface area contributed by atoms with Crippen molar-refractivity contribution in [2.24, 2.45) is 5.10 Å². The summed E-state index contributed by atoms with van der Waals surface area (Å²) >= 11 is 0. The van der Waals surface area contributed by atoms with Gasteiger partial charge in [-0.25, -0.2) is 9.82 Å². The van der Waals surface area contributed by atoms with Crippen LogP contribution in [0.3, 0.4) is 0 Å². The van der Waals surface area contributed by atoms with Gasteiger partial charge in [-0.2, -0.15) is 5.10 Å². The van der Waals surface area contributed by atoms with E-state index in [1.165, 1.54) is 24.4 Å². The Balaban J connectivity index is 1.90. The van der Waals surface area contributed by atoms with Crippen LogP contribution in [0.15, 0.2) is 53.6 Å². The highest BCUT2D eigenvalue weighted by Crippen LogP contribution is 2.11. The van der Waals surface area contributed by atoms with E-state index < -0.39 is 17.6 Å². The van der Waals surface area contributed by atoms with Gasteiger partial charge >= 0.3 is 11.8 Å². The minimum atomic E-state index is -0.994. The minimum Gasteiger partial charge on any atom is -0.315 e. The molecule has 5 nitrogen and oxygen atoms in total. The molecular formula is C16H14FN3O2. The fourth-order valence-corrected chi connectivity index (χ4v) is 1.61. The van der Waals surface area contributed by atoms with E-state index in [4.69, 9.17) is 0 Å². The zero-order chi connectivity index (χ0) is 15.9. The number of halogens is 1. The average molecular weight is 299 g/mol. The number of hydrogen-bond acceptors (Lipinski definition) is 3. The Morgan fingerprint density at radius 2 is 1.73 bits per heavy atom. The van der Waals surface area contributed by atoms with E-state index in [1.54, 1.807) is 6.07 Å². The molecule has 6 heteroatoms. The maximum Gasteiger partial charge on any atom is 0.329 e. The number of anilines is 1. The second-order valence-corrected chi connectivity index (χ2v) is 4.54. The molecule has 112 valence electrons. The van der Waals surface area contributed by atoms with Crippen molar-refractivity contribution >= 4 is 23.7 Å². The highest BCUT2D eigenvalue weighted by atomic mass is 19.1. The highest BCUT2D eigenvalue weighted by molar-refractivity contribution is 6.39. The molecule has 0 fully saturated rings. The maximum atomic E-state index is 13.3. The molecule has 2 aromatic rings. The molecule has 2 amide bonds. The van der Waals surface area contributed by atoms with Gasteiger partial charge in [0, 0.05) is 0 Å². The van der Waals surface area contributed by atoms with Crippen LogP contribution in [0.25, 0.3) is 0 Å². The number of aryl methyl sites for hydroxylation is 1. The van der Waals surface area contributed by atoms with Crippen LogP contribution in [0.5, 0.6) is 0 Å². The Kier molecular flexibility index (Phi) is 4.98. The Hall–Kier alpha value is -3.02. The zero-order valence-electron chi connectivity index (χ0n) is 11.8. The lowest BCUT2D eigenvalue weighted by molar-refractivity contribution is -0.136. The average Bonchev–Trinajstić information content (AvgIpc) is 2.51. The maximum absolute atomic E-state index is 13.3. The number of rotatable bonds is 3. The molecule has 0 saturated heterocycles. The summed E-state index contributed by atoms with van der Waals surface area (Å²) in [5, 5.41) is 5.84. The lowest BCUT2D eigenvalue weighted by atomic mass is 10.2. The molecule has 0 saturated carbocycles. The van der Waals surface area contributed by atoms with E-state index in [0.29, 0.717) is 0 Å². The number of carbonyl (C=O) groups excluding carboxylic acids is 2. The van der Waals surface area contributed by atoms with E-state index in [1.807, 2.05) is 31.2 Å². The number of hydrazone groups is 1. The fraction of sp³-hybridized carbons (Fsp3) is 0.0625. The first-order valence-electron chi connectivity index (χ1n) is 6.52. The zero-order valence-corrected chi connectivity index (χ0v) is 11.8. The van der Waals surface area contributed by atoms with Gasteiger partial charge in [0.15, 0.2) is 0 Å². The van der Waals surface area contributed by atoms with Gasteiger partial charge in [-0.15, -0.1) is 0 Å². The lowest BCUT2D eigenvalue weighted by Gasteiger charge is -2.04. The molecule has 0 spiro atoms. The van der Waals surface area contributed by atoms with Crippen LogP contribution in [0.4, 0.5) is 10.1 Å². The topological polar surface area (TPSA) is 70.6 Å². The third-order valence-corrected chi connectivity index (χ3v) is 2.79. The van der Waals surface area contributed by atoms with Gasteiger partial charge < -0.3 is 5.32 Å². The molecule has 0 unspecified atom stereocenters. The van der Waals surface area contributed by atoms with Crippen LogP contribution < -0.4 is 10.7 Å². The summed E-state index contributed by atoms with van der Waals surface area (Å²) in [4.78, 5) is 23.1. The number of nitrogens with zero attached hydrogens (tertiary/aromatic N) is 1. The van der Waals surface area contributed by atoms with Crippen LogP contribution in [-0.2, 0) is 9.59 Å². The number of nitrogens with one attached hydrogen (secondary N) is 2. The standard InChI is InChI=1S/C16H14FN3O2/c1-11-6-8-12(9-7-11)10-18-20-16(22)15(21)19-14-5-3-2-4-13(14)17/h2-10H,1H3,(H,19,21)(H,20,22). The molecule has 0 bridgehead atoms. The molecule has 0 heterocycles. The molecule has 2 aromatic carbocycles. The predicted octanol–water partition coefficient (Wildman–Crippen LogP) is 2.22. The monoisotopic (exact) mass is 299 g/mol. The first-order chi connectivity index (χ1) is 10.6. The van der Waals surface area contributed by atoms with Crippen LogP contribution in [0.2, 0.25) is 0 Å². The van der Waals surface area contributed by atoms with E-state index in [9.17, 15) is 14.0 Å². The van der Waals surface area contributed by atoms with Crippen molar-refractivity contribution in [3.05, 3.63) is 65.5 Å². The first kappa shape index (κ1) is 15.4. The number of amides is 2. The smallest absolute Gasteiger partial charge is 0.315 e. The molecule has 2 rings (SSSR count). The molecule has 0 aliphatic rings. The van der Waals surface area contributed by atoms with Crippen LogP contribution >= 0.6 is 0 Å². The Morgan fingerprint density at radius 3 is 2.41 bits per heavy atom. The number of para-hydroxylation sites is 1.